The molecule has 0 amide bonds. The van der Waals surface area contributed by atoms with Crippen molar-refractivity contribution in [2.24, 2.45) is 35.0 Å². The van der Waals surface area contributed by atoms with Crippen LogP contribution in [0.1, 0.15) is 33.6 Å². The second kappa shape index (κ2) is 4.19. The highest BCUT2D eigenvalue weighted by atomic mass is 16.6. The second-order valence-corrected chi connectivity index (χ2v) is 7.12. The van der Waals surface area contributed by atoms with Crippen LogP contribution < -0.4 is 0 Å². The molecular weight excluding hydrogens is 244 g/mol. The Morgan fingerprint density at radius 1 is 1.42 bits per heavy atom. The highest BCUT2D eigenvalue weighted by Gasteiger charge is 2.68. The van der Waals surface area contributed by atoms with Crippen molar-refractivity contribution in [2.45, 2.75) is 45.8 Å². The summed E-state index contributed by atoms with van der Waals surface area (Å²) in [6, 6.07) is 0. The molecule has 2 N–H and O–H groups in total. The highest BCUT2D eigenvalue weighted by Crippen LogP contribution is 2.62. The van der Waals surface area contributed by atoms with Crippen LogP contribution in [0.4, 0.5) is 0 Å². The molecule has 4 nitrogen and oxygen atoms in total. The van der Waals surface area contributed by atoms with Gasteiger partial charge in [0, 0.05) is 17.9 Å². The zero-order valence-corrected chi connectivity index (χ0v) is 11.9. The number of hydrogen-bond acceptors (Lipinski definition) is 4. The fourth-order valence-corrected chi connectivity index (χ4v) is 5.13. The van der Waals surface area contributed by atoms with Gasteiger partial charge in [-0.05, 0) is 30.6 Å². The maximum Gasteiger partial charge on any atom is 0.310 e. The molecule has 0 aromatic rings. The quantitative estimate of drug-likeness (QED) is 0.739. The predicted octanol–water partition coefficient (Wildman–Crippen LogP) is 1.20. The molecule has 0 spiro atoms. The van der Waals surface area contributed by atoms with Gasteiger partial charge in [-0.15, -0.1) is 0 Å². The lowest BCUT2D eigenvalue weighted by molar-refractivity contribution is -0.152. The topological polar surface area (TPSA) is 66.8 Å². The maximum absolute atomic E-state index is 12.2. The minimum Gasteiger partial charge on any atom is -0.459 e. The summed E-state index contributed by atoms with van der Waals surface area (Å²) in [5.41, 5.74) is -0.373. The van der Waals surface area contributed by atoms with E-state index < -0.39 is 6.10 Å². The van der Waals surface area contributed by atoms with Gasteiger partial charge in [0.15, 0.2) is 0 Å². The number of fused-ring (bicyclic) bond motifs is 4. The number of carbonyl (C=O) groups excluding carboxylic acids is 1. The first-order valence-corrected chi connectivity index (χ1v) is 7.42. The minimum absolute atomic E-state index is 0.0834. The van der Waals surface area contributed by atoms with Crippen molar-refractivity contribution in [3.63, 3.8) is 0 Å². The summed E-state index contributed by atoms with van der Waals surface area (Å²) < 4.78 is 5.50. The standard InChI is InChI=1S/C15H24O4/c1-7(2)10-11-9-5-4-8(6-16)15(9,3)13(17)12(10)19-14(11)18/h7-13,16-17H,4-6H2,1-3H3/t8-,9-,10-,11+,12+,13+,15-/m0/s1. The van der Waals surface area contributed by atoms with Gasteiger partial charge in [0.1, 0.15) is 6.10 Å². The van der Waals surface area contributed by atoms with Gasteiger partial charge in [-0.3, -0.25) is 4.79 Å². The molecule has 4 heteroatoms. The molecule has 1 aliphatic heterocycles. The molecule has 0 radical (unpaired) electrons. The van der Waals surface area contributed by atoms with Gasteiger partial charge in [0.2, 0.25) is 0 Å². The van der Waals surface area contributed by atoms with E-state index in [2.05, 4.69) is 13.8 Å². The smallest absolute Gasteiger partial charge is 0.310 e. The lowest BCUT2D eigenvalue weighted by Crippen LogP contribution is -2.57. The van der Waals surface area contributed by atoms with Gasteiger partial charge in [-0.1, -0.05) is 20.8 Å². The third-order valence-corrected chi connectivity index (χ3v) is 6.20. The predicted molar refractivity (Wildman–Crippen MR) is 69.1 cm³/mol. The molecule has 3 rings (SSSR count). The molecule has 2 saturated carbocycles. The van der Waals surface area contributed by atoms with Crippen LogP contribution in [0.2, 0.25) is 0 Å². The number of esters is 1. The van der Waals surface area contributed by atoms with Crippen LogP contribution in [0.25, 0.3) is 0 Å². The van der Waals surface area contributed by atoms with E-state index in [9.17, 15) is 15.0 Å². The van der Waals surface area contributed by atoms with E-state index >= 15 is 0 Å². The number of rotatable bonds is 2. The monoisotopic (exact) mass is 268 g/mol. The van der Waals surface area contributed by atoms with Crippen LogP contribution >= 0.6 is 0 Å². The Morgan fingerprint density at radius 2 is 2.11 bits per heavy atom. The van der Waals surface area contributed by atoms with Crippen molar-refractivity contribution < 1.29 is 19.7 Å². The van der Waals surface area contributed by atoms with E-state index in [4.69, 9.17) is 4.74 Å². The Hall–Kier alpha value is -0.610. The summed E-state index contributed by atoms with van der Waals surface area (Å²) >= 11 is 0. The molecule has 3 aliphatic rings. The van der Waals surface area contributed by atoms with Gasteiger partial charge in [-0.25, -0.2) is 0 Å². The van der Waals surface area contributed by atoms with Crippen molar-refractivity contribution in [3.8, 4) is 0 Å². The number of aliphatic hydroxyl groups excluding tert-OH is 2. The van der Waals surface area contributed by atoms with Crippen molar-refractivity contribution in [1.29, 1.82) is 0 Å². The van der Waals surface area contributed by atoms with E-state index in [0.717, 1.165) is 12.8 Å². The second-order valence-electron chi connectivity index (χ2n) is 7.12. The summed E-state index contributed by atoms with van der Waals surface area (Å²) in [5, 5.41) is 20.4. The Labute approximate surface area is 114 Å². The average Bonchev–Trinajstić information content (AvgIpc) is 2.84. The molecule has 0 aromatic heterocycles. The average molecular weight is 268 g/mol. The number of ether oxygens (including phenoxy) is 1. The summed E-state index contributed by atoms with van der Waals surface area (Å²) in [6.45, 7) is 6.32. The zero-order valence-electron chi connectivity index (χ0n) is 11.9. The summed E-state index contributed by atoms with van der Waals surface area (Å²) in [6.07, 6.45) is 0.781. The molecular formula is C15H24O4. The molecule has 108 valence electrons. The highest BCUT2D eigenvalue weighted by molar-refractivity contribution is 5.76. The lowest BCUT2D eigenvalue weighted by Gasteiger charge is -2.49. The van der Waals surface area contributed by atoms with E-state index in [1.165, 1.54) is 0 Å². The molecule has 2 bridgehead atoms. The Kier molecular flexibility index (Phi) is 2.95. The van der Waals surface area contributed by atoms with Gasteiger partial charge < -0.3 is 14.9 Å². The number of hydrogen-bond donors (Lipinski definition) is 2. The van der Waals surface area contributed by atoms with Crippen LogP contribution in [-0.2, 0) is 9.53 Å². The summed E-state index contributed by atoms with van der Waals surface area (Å²) in [5.74, 6) is 0.468. The molecule has 0 aromatic carbocycles. The molecule has 2 aliphatic carbocycles. The first kappa shape index (κ1) is 13.4. The van der Waals surface area contributed by atoms with E-state index in [-0.39, 0.29) is 47.8 Å². The van der Waals surface area contributed by atoms with Gasteiger partial charge >= 0.3 is 5.97 Å². The molecule has 1 heterocycles. The molecule has 3 fully saturated rings. The van der Waals surface area contributed by atoms with Crippen molar-refractivity contribution in [3.05, 3.63) is 0 Å². The molecule has 0 unspecified atom stereocenters. The normalized spacial score (nSPS) is 52.4. The van der Waals surface area contributed by atoms with E-state index in [1.54, 1.807) is 0 Å². The Morgan fingerprint density at radius 3 is 2.68 bits per heavy atom. The van der Waals surface area contributed by atoms with Crippen molar-refractivity contribution >= 4 is 5.97 Å². The molecule has 7 atom stereocenters. The summed E-state index contributed by atoms with van der Waals surface area (Å²) in [7, 11) is 0. The number of aliphatic hydroxyl groups is 2. The summed E-state index contributed by atoms with van der Waals surface area (Å²) in [4.78, 5) is 12.2. The Balaban J connectivity index is 2.04. The van der Waals surface area contributed by atoms with Crippen LogP contribution in [-0.4, -0.2) is 35.0 Å². The maximum atomic E-state index is 12.2. The molecule has 1 saturated heterocycles. The first-order chi connectivity index (χ1) is 8.92. The Bertz CT molecular complexity index is 394. The molecule has 19 heavy (non-hydrogen) atoms. The largest absolute Gasteiger partial charge is 0.459 e. The van der Waals surface area contributed by atoms with Gasteiger partial charge in [0.25, 0.3) is 0 Å². The third kappa shape index (κ3) is 1.50. The van der Waals surface area contributed by atoms with Crippen molar-refractivity contribution in [2.75, 3.05) is 6.61 Å². The van der Waals surface area contributed by atoms with E-state index in [0.29, 0.717) is 5.92 Å². The van der Waals surface area contributed by atoms with Crippen LogP contribution in [0.15, 0.2) is 0 Å². The minimum atomic E-state index is -0.646. The third-order valence-electron chi connectivity index (χ3n) is 6.20. The first-order valence-electron chi connectivity index (χ1n) is 7.42. The van der Waals surface area contributed by atoms with E-state index in [1.807, 2.05) is 6.92 Å². The number of carbonyl (C=O) groups is 1. The van der Waals surface area contributed by atoms with Crippen LogP contribution in [0.3, 0.4) is 0 Å². The zero-order chi connectivity index (χ0) is 13.9. The lowest BCUT2D eigenvalue weighted by atomic mass is 9.55. The fraction of sp³-hybridized carbons (Fsp3) is 0.933. The van der Waals surface area contributed by atoms with Gasteiger partial charge in [-0.2, -0.15) is 0 Å². The fourth-order valence-electron chi connectivity index (χ4n) is 5.13. The SMILES string of the molecule is CC(C)[C@@H]1[C@H]2OC(=O)[C@@H]1[C@@H]1CC[C@@H](CO)[C@]1(C)[C@@H]2O. The van der Waals surface area contributed by atoms with Gasteiger partial charge in [0.05, 0.1) is 12.0 Å². The van der Waals surface area contributed by atoms with Crippen LogP contribution in [0, 0.1) is 35.0 Å². The van der Waals surface area contributed by atoms with Crippen LogP contribution in [0.5, 0.6) is 0 Å². The van der Waals surface area contributed by atoms with Crippen molar-refractivity contribution in [1.82, 2.24) is 0 Å².